The number of nitrogen functional groups attached to an aromatic ring is 1. The van der Waals surface area contributed by atoms with Crippen molar-refractivity contribution in [2.75, 3.05) is 22.5 Å². The van der Waals surface area contributed by atoms with Gasteiger partial charge in [-0.2, -0.15) is 12.7 Å². The van der Waals surface area contributed by atoms with Crippen LogP contribution < -0.4 is 10.0 Å². The van der Waals surface area contributed by atoms with Crippen LogP contribution in [0.25, 0.3) is 0 Å². The molecule has 0 amide bonds. The third-order valence-electron chi connectivity index (χ3n) is 3.14. The molecule has 0 aromatic heterocycles. The highest BCUT2D eigenvalue weighted by Crippen LogP contribution is 2.34. The highest BCUT2D eigenvalue weighted by Gasteiger charge is 2.37. The van der Waals surface area contributed by atoms with Crippen molar-refractivity contribution in [3.63, 3.8) is 0 Å². The van der Waals surface area contributed by atoms with Gasteiger partial charge in [0.1, 0.15) is 0 Å². The Hall–Kier alpha value is -0.980. The summed E-state index contributed by atoms with van der Waals surface area (Å²) in [5.74, 6) is 0.245. The van der Waals surface area contributed by atoms with E-state index < -0.39 is 10.2 Å². The number of anilines is 2. The van der Waals surface area contributed by atoms with E-state index >= 15 is 0 Å². The second-order valence-corrected chi connectivity index (χ2v) is 6.98. The van der Waals surface area contributed by atoms with Gasteiger partial charge < -0.3 is 5.73 Å². The molecule has 0 saturated carbocycles. The van der Waals surface area contributed by atoms with Gasteiger partial charge in [0, 0.05) is 30.7 Å². The first-order chi connectivity index (χ1) is 8.87. The van der Waals surface area contributed by atoms with Gasteiger partial charge in [-0.15, -0.1) is 11.6 Å². The Kier molecular flexibility index (Phi) is 3.94. The first-order valence-corrected chi connectivity index (χ1v) is 8.05. The third-order valence-corrected chi connectivity index (χ3v) is 5.39. The fourth-order valence-corrected chi connectivity index (χ4v) is 4.34. The zero-order chi connectivity index (χ0) is 14.2. The smallest absolute Gasteiger partial charge is 0.304 e. The zero-order valence-electron chi connectivity index (χ0n) is 11.0. The van der Waals surface area contributed by atoms with Gasteiger partial charge in [0.15, 0.2) is 0 Å². The molecule has 19 heavy (non-hydrogen) atoms. The Bertz CT molecular complexity index is 574. The SMILES string of the molecule is CC(C)N1Cc2cc(N)ccc2N(CCCl)S1(=O)=O. The summed E-state index contributed by atoms with van der Waals surface area (Å²) in [4.78, 5) is 0. The van der Waals surface area contributed by atoms with E-state index in [0.29, 0.717) is 17.9 Å². The molecule has 1 aromatic rings. The van der Waals surface area contributed by atoms with Gasteiger partial charge in [-0.1, -0.05) is 0 Å². The first kappa shape index (κ1) is 14.4. The summed E-state index contributed by atoms with van der Waals surface area (Å²) in [6.45, 7) is 4.31. The van der Waals surface area contributed by atoms with Crippen molar-refractivity contribution >= 4 is 33.2 Å². The fraction of sp³-hybridized carbons (Fsp3) is 0.500. The van der Waals surface area contributed by atoms with Crippen LogP contribution in [0, 0.1) is 0 Å². The monoisotopic (exact) mass is 303 g/mol. The number of rotatable bonds is 3. The van der Waals surface area contributed by atoms with Gasteiger partial charge in [-0.25, -0.2) is 0 Å². The molecular formula is C12H18ClN3O2S. The Morgan fingerprint density at radius 3 is 2.68 bits per heavy atom. The van der Waals surface area contributed by atoms with Crippen LogP contribution in [0.1, 0.15) is 19.4 Å². The molecule has 1 heterocycles. The van der Waals surface area contributed by atoms with E-state index in [1.54, 1.807) is 12.1 Å². The molecule has 0 atom stereocenters. The van der Waals surface area contributed by atoms with Gasteiger partial charge in [0.05, 0.1) is 5.69 Å². The summed E-state index contributed by atoms with van der Waals surface area (Å²) < 4.78 is 27.9. The molecule has 106 valence electrons. The molecule has 0 aliphatic carbocycles. The van der Waals surface area contributed by atoms with Gasteiger partial charge in [-0.3, -0.25) is 4.31 Å². The van der Waals surface area contributed by atoms with E-state index in [0.717, 1.165) is 5.56 Å². The van der Waals surface area contributed by atoms with Crippen molar-refractivity contribution in [3.05, 3.63) is 23.8 Å². The van der Waals surface area contributed by atoms with E-state index in [4.69, 9.17) is 17.3 Å². The van der Waals surface area contributed by atoms with Crippen LogP contribution in [0.2, 0.25) is 0 Å². The Labute approximate surface area is 119 Å². The molecule has 7 heteroatoms. The fourth-order valence-electron chi connectivity index (χ4n) is 2.24. The summed E-state index contributed by atoms with van der Waals surface area (Å²) in [5.41, 5.74) is 7.99. The van der Waals surface area contributed by atoms with Crippen LogP contribution in [0.4, 0.5) is 11.4 Å². The summed E-state index contributed by atoms with van der Waals surface area (Å²) in [6.07, 6.45) is 0. The number of nitrogens with zero attached hydrogens (tertiary/aromatic N) is 2. The molecule has 0 spiro atoms. The average molecular weight is 304 g/mol. The van der Waals surface area contributed by atoms with E-state index in [1.165, 1.54) is 8.61 Å². The van der Waals surface area contributed by atoms with Crippen LogP contribution in [-0.4, -0.2) is 31.2 Å². The Morgan fingerprint density at radius 1 is 1.42 bits per heavy atom. The molecule has 0 fully saturated rings. The lowest BCUT2D eigenvalue weighted by Crippen LogP contribution is -2.50. The van der Waals surface area contributed by atoms with Crippen LogP contribution in [0.5, 0.6) is 0 Å². The minimum Gasteiger partial charge on any atom is -0.399 e. The molecule has 2 rings (SSSR count). The van der Waals surface area contributed by atoms with Gasteiger partial charge in [0.25, 0.3) is 0 Å². The summed E-state index contributed by atoms with van der Waals surface area (Å²) in [7, 11) is -3.51. The van der Waals surface area contributed by atoms with Crippen LogP contribution >= 0.6 is 11.6 Å². The van der Waals surface area contributed by atoms with Crippen LogP contribution in [0.15, 0.2) is 18.2 Å². The molecule has 0 radical (unpaired) electrons. The minimum atomic E-state index is -3.51. The number of fused-ring (bicyclic) bond motifs is 1. The molecule has 1 aliphatic heterocycles. The topological polar surface area (TPSA) is 66.6 Å². The van der Waals surface area contributed by atoms with E-state index in [1.807, 2.05) is 19.9 Å². The highest BCUT2D eigenvalue weighted by atomic mass is 35.5. The molecule has 2 N–H and O–H groups in total. The largest absolute Gasteiger partial charge is 0.399 e. The maximum absolute atomic E-state index is 12.6. The van der Waals surface area contributed by atoms with Crippen molar-refractivity contribution in [2.45, 2.75) is 26.4 Å². The molecule has 0 unspecified atom stereocenters. The predicted molar refractivity (Wildman–Crippen MR) is 78.5 cm³/mol. The number of nitrogens with two attached hydrogens (primary N) is 1. The summed E-state index contributed by atoms with van der Waals surface area (Å²) in [6, 6.07) is 5.16. The second kappa shape index (κ2) is 5.19. The van der Waals surface area contributed by atoms with Crippen molar-refractivity contribution in [3.8, 4) is 0 Å². The quantitative estimate of drug-likeness (QED) is 0.684. The number of alkyl halides is 1. The number of hydrogen-bond acceptors (Lipinski definition) is 3. The normalized spacial score (nSPS) is 18.6. The molecule has 0 saturated heterocycles. The molecule has 0 bridgehead atoms. The highest BCUT2D eigenvalue weighted by molar-refractivity contribution is 7.90. The van der Waals surface area contributed by atoms with Crippen LogP contribution in [-0.2, 0) is 16.8 Å². The molecule has 1 aliphatic rings. The molecule has 1 aromatic carbocycles. The van der Waals surface area contributed by atoms with Gasteiger partial charge in [0.2, 0.25) is 0 Å². The average Bonchev–Trinajstić information content (AvgIpc) is 2.32. The third kappa shape index (κ3) is 2.52. The summed E-state index contributed by atoms with van der Waals surface area (Å²) >= 11 is 5.74. The van der Waals surface area contributed by atoms with Crippen molar-refractivity contribution in [1.29, 1.82) is 0 Å². The minimum absolute atomic E-state index is 0.114. The van der Waals surface area contributed by atoms with E-state index in [-0.39, 0.29) is 18.5 Å². The standard InChI is InChI=1S/C12H18ClN3O2S/c1-9(2)16-8-10-7-11(14)3-4-12(10)15(6-5-13)19(16,17)18/h3-4,7,9H,5-6,8,14H2,1-2H3. The lowest BCUT2D eigenvalue weighted by molar-refractivity contribution is 0.341. The predicted octanol–water partition coefficient (Wildman–Crippen LogP) is 1.78. The second-order valence-electron chi connectivity index (χ2n) is 4.80. The van der Waals surface area contributed by atoms with E-state index in [2.05, 4.69) is 0 Å². The number of hydrogen-bond donors (Lipinski definition) is 1. The maximum atomic E-state index is 12.6. The van der Waals surface area contributed by atoms with E-state index in [9.17, 15) is 8.42 Å². The first-order valence-electron chi connectivity index (χ1n) is 6.11. The van der Waals surface area contributed by atoms with Gasteiger partial charge in [-0.05, 0) is 37.6 Å². The van der Waals surface area contributed by atoms with Crippen LogP contribution in [0.3, 0.4) is 0 Å². The summed E-state index contributed by atoms with van der Waals surface area (Å²) in [5, 5.41) is 0. The van der Waals surface area contributed by atoms with Crippen molar-refractivity contribution in [1.82, 2.24) is 4.31 Å². The molecule has 5 nitrogen and oxygen atoms in total. The van der Waals surface area contributed by atoms with Crippen molar-refractivity contribution in [2.24, 2.45) is 0 Å². The van der Waals surface area contributed by atoms with Gasteiger partial charge >= 0.3 is 10.2 Å². The Balaban J connectivity index is 2.57. The zero-order valence-corrected chi connectivity index (χ0v) is 12.6. The lowest BCUT2D eigenvalue weighted by atomic mass is 10.1. The maximum Gasteiger partial charge on any atom is 0.304 e. The lowest BCUT2D eigenvalue weighted by Gasteiger charge is -2.39. The number of halogens is 1. The molecular weight excluding hydrogens is 286 g/mol. The van der Waals surface area contributed by atoms with Crippen molar-refractivity contribution < 1.29 is 8.42 Å². The number of benzene rings is 1. The Morgan fingerprint density at radius 2 is 2.11 bits per heavy atom.